The topological polar surface area (TPSA) is 3.24 Å². The van der Waals surface area contributed by atoms with Gasteiger partial charge in [-0.1, -0.05) is 76.2 Å². The van der Waals surface area contributed by atoms with E-state index in [0.717, 1.165) is 0 Å². The molecule has 3 aromatic rings. The molecule has 3 rings (SSSR count). The van der Waals surface area contributed by atoms with Crippen molar-refractivity contribution in [2.24, 2.45) is 0 Å². The number of hydrogen-bond acceptors (Lipinski definition) is 1. The Hall–Kier alpha value is -2.54. The average Bonchev–Trinajstić information content (AvgIpc) is 2.63. The summed E-state index contributed by atoms with van der Waals surface area (Å²) in [7, 11) is 0. The first-order chi connectivity index (χ1) is 12.1. The zero-order valence-electron chi connectivity index (χ0n) is 15.6. The van der Waals surface area contributed by atoms with Gasteiger partial charge in [0.05, 0.1) is 0 Å². The first-order valence-corrected chi connectivity index (χ1v) is 9.12. The lowest BCUT2D eigenvalue weighted by molar-refractivity contribution is 0.843. The van der Waals surface area contributed by atoms with Crippen molar-refractivity contribution in [3.8, 4) is 0 Å². The largest absolute Gasteiger partial charge is 0.310 e. The molecule has 0 aliphatic rings. The van der Waals surface area contributed by atoms with E-state index in [2.05, 4.69) is 111 Å². The first kappa shape index (κ1) is 17.3. The fraction of sp³-hybridized carbons (Fsp3) is 0.250. The molecule has 3 aromatic carbocycles. The number of para-hydroxylation sites is 2. The summed E-state index contributed by atoms with van der Waals surface area (Å²) in [6.07, 6.45) is 0. The Balaban J connectivity index is 2.24. The second-order valence-corrected chi connectivity index (χ2v) is 7.13. The zero-order valence-corrected chi connectivity index (χ0v) is 15.6. The van der Waals surface area contributed by atoms with Gasteiger partial charge in [0.25, 0.3) is 0 Å². The van der Waals surface area contributed by atoms with Crippen LogP contribution in [0.1, 0.15) is 50.7 Å². The SMILES string of the molecule is CC(C)c1ccc(C(C)C)c(N(c2ccccc2)c2ccccc2)c1. The Morgan fingerprint density at radius 3 is 1.56 bits per heavy atom. The lowest BCUT2D eigenvalue weighted by atomic mass is 9.94. The minimum absolute atomic E-state index is 0.464. The van der Waals surface area contributed by atoms with Crippen molar-refractivity contribution in [1.29, 1.82) is 0 Å². The lowest BCUT2D eigenvalue weighted by Gasteiger charge is -2.29. The van der Waals surface area contributed by atoms with Gasteiger partial charge in [-0.05, 0) is 53.3 Å². The van der Waals surface area contributed by atoms with Crippen LogP contribution in [-0.2, 0) is 0 Å². The fourth-order valence-electron chi connectivity index (χ4n) is 3.18. The van der Waals surface area contributed by atoms with Crippen molar-refractivity contribution in [3.05, 3.63) is 90.0 Å². The molecule has 0 saturated heterocycles. The van der Waals surface area contributed by atoms with Crippen molar-refractivity contribution in [2.45, 2.75) is 39.5 Å². The molecule has 0 saturated carbocycles. The van der Waals surface area contributed by atoms with Gasteiger partial charge in [0.15, 0.2) is 0 Å². The normalized spacial score (nSPS) is 11.1. The average molecular weight is 329 g/mol. The van der Waals surface area contributed by atoms with Crippen molar-refractivity contribution in [1.82, 2.24) is 0 Å². The zero-order chi connectivity index (χ0) is 17.8. The van der Waals surface area contributed by atoms with Gasteiger partial charge in [0.2, 0.25) is 0 Å². The quantitative estimate of drug-likeness (QED) is 0.471. The molecule has 0 N–H and O–H groups in total. The Kier molecular flexibility index (Phi) is 5.23. The standard InChI is InChI=1S/C24H27N/c1-18(2)20-15-16-23(19(3)4)24(17-20)25(21-11-7-5-8-12-21)22-13-9-6-10-14-22/h5-19H,1-4H3. The minimum Gasteiger partial charge on any atom is -0.310 e. The molecule has 0 unspecified atom stereocenters. The Bertz CT molecular complexity index is 765. The molecule has 0 aliphatic heterocycles. The van der Waals surface area contributed by atoms with Crippen LogP contribution in [0.5, 0.6) is 0 Å². The van der Waals surface area contributed by atoms with E-state index in [1.54, 1.807) is 0 Å². The molecule has 0 heterocycles. The summed E-state index contributed by atoms with van der Waals surface area (Å²) in [6.45, 7) is 9.04. The molecule has 1 heteroatoms. The summed E-state index contributed by atoms with van der Waals surface area (Å²) < 4.78 is 0. The summed E-state index contributed by atoms with van der Waals surface area (Å²) >= 11 is 0. The highest BCUT2D eigenvalue weighted by atomic mass is 15.1. The van der Waals surface area contributed by atoms with E-state index in [-0.39, 0.29) is 0 Å². The maximum Gasteiger partial charge on any atom is 0.0499 e. The van der Waals surface area contributed by atoms with Crippen LogP contribution in [0.3, 0.4) is 0 Å². The fourth-order valence-corrected chi connectivity index (χ4v) is 3.18. The second-order valence-electron chi connectivity index (χ2n) is 7.13. The molecule has 0 fully saturated rings. The summed E-state index contributed by atoms with van der Waals surface area (Å²) in [6, 6.07) is 28.2. The molecule has 0 amide bonds. The highest BCUT2D eigenvalue weighted by Crippen LogP contribution is 2.40. The third kappa shape index (κ3) is 3.76. The molecule has 25 heavy (non-hydrogen) atoms. The predicted molar refractivity (Wildman–Crippen MR) is 109 cm³/mol. The molecule has 0 radical (unpaired) electrons. The number of rotatable bonds is 5. The van der Waals surface area contributed by atoms with E-state index in [4.69, 9.17) is 0 Å². The van der Waals surface area contributed by atoms with Crippen molar-refractivity contribution < 1.29 is 0 Å². The van der Waals surface area contributed by atoms with Crippen LogP contribution in [0.2, 0.25) is 0 Å². The number of anilines is 3. The van der Waals surface area contributed by atoms with Crippen molar-refractivity contribution >= 4 is 17.1 Å². The van der Waals surface area contributed by atoms with Crippen molar-refractivity contribution in [2.75, 3.05) is 4.90 Å². The van der Waals surface area contributed by atoms with E-state index in [1.165, 1.54) is 28.2 Å². The van der Waals surface area contributed by atoms with Gasteiger partial charge in [-0.3, -0.25) is 0 Å². The third-order valence-electron chi connectivity index (χ3n) is 4.61. The lowest BCUT2D eigenvalue weighted by Crippen LogP contribution is -2.13. The van der Waals surface area contributed by atoms with Crippen LogP contribution in [0, 0.1) is 0 Å². The van der Waals surface area contributed by atoms with Crippen LogP contribution in [-0.4, -0.2) is 0 Å². The highest BCUT2D eigenvalue weighted by Gasteiger charge is 2.18. The summed E-state index contributed by atoms with van der Waals surface area (Å²) in [5, 5.41) is 0. The number of benzene rings is 3. The number of nitrogens with zero attached hydrogens (tertiary/aromatic N) is 1. The molecule has 128 valence electrons. The van der Waals surface area contributed by atoms with Gasteiger partial charge in [0.1, 0.15) is 0 Å². The maximum absolute atomic E-state index is 2.38. The van der Waals surface area contributed by atoms with Crippen molar-refractivity contribution in [3.63, 3.8) is 0 Å². The van der Waals surface area contributed by atoms with E-state index >= 15 is 0 Å². The molecule has 1 nitrogen and oxygen atoms in total. The summed E-state index contributed by atoms with van der Waals surface area (Å²) in [4.78, 5) is 2.38. The van der Waals surface area contributed by atoms with Gasteiger partial charge in [-0.15, -0.1) is 0 Å². The van der Waals surface area contributed by atoms with E-state index in [0.29, 0.717) is 11.8 Å². The first-order valence-electron chi connectivity index (χ1n) is 9.12. The molecule has 0 bridgehead atoms. The van der Waals surface area contributed by atoms with E-state index in [9.17, 15) is 0 Å². The van der Waals surface area contributed by atoms with E-state index in [1.807, 2.05) is 0 Å². The Labute approximate surface area is 151 Å². The molecule has 0 aromatic heterocycles. The third-order valence-corrected chi connectivity index (χ3v) is 4.61. The Morgan fingerprint density at radius 2 is 1.12 bits per heavy atom. The molecule has 0 aliphatic carbocycles. The smallest absolute Gasteiger partial charge is 0.0499 e. The molecular weight excluding hydrogens is 302 g/mol. The summed E-state index contributed by atoms with van der Waals surface area (Å²) in [5.74, 6) is 0.972. The van der Waals surface area contributed by atoms with Gasteiger partial charge in [-0.2, -0.15) is 0 Å². The van der Waals surface area contributed by atoms with Gasteiger partial charge < -0.3 is 4.90 Å². The maximum atomic E-state index is 2.38. The van der Waals surface area contributed by atoms with Crippen LogP contribution in [0.4, 0.5) is 17.1 Å². The minimum atomic E-state index is 0.464. The van der Waals surface area contributed by atoms with Crippen LogP contribution < -0.4 is 4.90 Å². The van der Waals surface area contributed by atoms with Gasteiger partial charge in [0, 0.05) is 17.1 Å². The van der Waals surface area contributed by atoms with Crippen LogP contribution in [0.25, 0.3) is 0 Å². The second kappa shape index (κ2) is 7.57. The van der Waals surface area contributed by atoms with Crippen LogP contribution >= 0.6 is 0 Å². The van der Waals surface area contributed by atoms with Crippen LogP contribution in [0.15, 0.2) is 78.9 Å². The van der Waals surface area contributed by atoms with Gasteiger partial charge in [-0.25, -0.2) is 0 Å². The number of hydrogen-bond donors (Lipinski definition) is 0. The predicted octanol–water partition coefficient (Wildman–Crippen LogP) is 7.40. The van der Waals surface area contributed by atoms with E-state index < -0.39 is 0 Å². The summed E-state index contributed by atoms with van der Waals surface area (Å²) in [5.41, 5.74) is 6.40. The molecular formula is C24H27N. The molecule has 0 atom stereocenters. The molecule has 0 spiro atoms. The Morgan fingerprint density at radius 1 is 0.600 bits per heavy atom. The van der Waals surface area contributed by atoms with Gasteiger partial charge >= 0.3 is 0 Å². The highest BCUT2D eigenvalue weighted by molar-refractivity contribution is 5.79. The monoisotopic (exact) mass is 329 g/mol.